The van der Waals surface area contributed by atoms with E-state index < -0.39 is 6.10 Å². The Bertz CT molecular complexity index is 725. The second-order valence-corrected chi connectivity index (χ2v) is 7.94. The first kappa shape index (κ1) is 19.6. The van der Waals surface area contributed by atoms with E-state index in [2.05, 4.69) is 20.8 Å². The molecule has 0 bridgehead atoms. The molecule has 2 aromatic carbocycles. The summed E-state index contributed by atoms with van der Waals surface area (Å²) in [5, 5.41) is 21.0. The number of benzene rings is 2. The largest absolute Gasteiger partial charge is 0.489 e. The van der Waals surface area contributed by atoms with Crippen LogP contribution in [0.2, 0.25) is 5.02 Å². The molecule has 1 heterocycles. The summed E-state index contributed by atoms with van der Waals surface area (Å²) < 4.78 is 6.86. The molecular formula is C20H23BrClNO3. The maximum absolute atomic E-state index is 10.8. The molecule has 0 amide bonds. The highest BCUT2D eigenvalue weighted by molar-refractivity contribution is 9.10. The van der Waals surface area contributed by atoms with Crippen molar-refractivity contribution in [2.45, 2.75) is 31.6 Å². The minimum atomic E-state index is -0.681. The molecule has 0 radical (unpaired) electrons. The second-order valence-electron chi connectivity index (χ2n) is 6.59. The smallest absolute Gasteiger partial charge is 0.125 e. The van der Waals surface area contributed by atoms with Crippen molar-refractivity contribution in [3.8, 4) is 5.75 Å². The van der Waals surface area contributed by atoms with E-state index in [1.165, 1.54) is 0 Å². The lowest BCUT2D eigenvalue weighted by molar-refractivity contribution is 0.0828. The maximum Gasteiger partial charge on any atom is 0.125 e. The first-order valence-corrected chi connectivity index (χ1v) is 9.93. The van der Waals surface area contributed by atoms with Gasteiger partial charge in [0.25, 0.3) is 0 Å². The quantitative estimate of drug-likeness (QED) is 0.678. The Labute approximate surface area is 167 Å². The highest BCUT2D eigenvalue weighted by Gasteiger charge is 2.27. The van der Waals surface area contributed by atoms with Gasteiger partial charge in [-0.05, 0) is 55.3 Å². The van der Waals surface area contributed by atoms with Gasteiger partial charge in [-0.1, -0.05) is 39.7 Å². The first-order chi connectivity index (χ1) is 12.6. The molecule has 0 saturated carbocycles. The summed E-state index contributed by atoms with van der Waals surface area (Å²) in [6.45, 7) is 1.92. The lowest BCUT2D eigenvalue weighted by Gasteiger charge is -2.26. The average Bonchev–Trinajstić information content (AvgIpc) is 3.09. The topological polar surface area (TPSA) is 52.9 Å². The molecule has 2 aromatic rings. The van der Waals surface area contributed by atoms with Crippen molar-refractivity contribution in [1.82, 2.24) is 4.90 Å². The number of likely N-dealkylation sites (tertiary alicyclic amines) is 1. The Morgan fingerprint density at radius 1 is 1.23 bits per heavy atom. The van der Waals surface area contributed by atoms with Crippen molar-refractivity contribution in [3.63, 3.8) is 0 Å². The van der Waals surface area contributed by atoms with Crippen LogP contribution in [0.1, 0.15) is 30.1 Å². The fourth-order valence-corrected chi connectivity index (χ4v) is 3.82. The number of hydrogen-bond donors (Lipinski definition) is 2. The summed E-state index contributed by atoms with van der Waals surface area (Å²) in [7, 11) is 0. The minimum Gasteiger partial charge on any atom is -0.489 e. The zero-order chi connectivity index (χ0) is 18.5. The predicted octanol–water partition coefficient (Wildman–Crippen LogP) is 4.17. The number of halogens is 2. The summed E-state index contributed by atoms with van der Waals surface area (Å²) in [6.07, 6.45) is 1.35. The molecule has 3 rings (SSSR count). The van der Waals surface area contributed by atoms with Crippen LogP contribution >= 0.6 is 27.5 Å². The second kappa shape index (κ2) is 9.20. The highest BCUT2D eigenvalue weighted by Crippen LogP contribution is 2.31. The van der Waals surface area contributed by atoms with Gasteiger partial charge in [-0.3, -0.25) is 4.90 Å². The number of rotatable bonds is 7. The van der Waals surface area contributed by atoms with E-state index >= 15 is 0 Å². The summed E-state index contributed by atoms with van der Waals surface area (Å²) in [5.74, 6) is 0.662. The molecule has 2 N–H and O–H groups in total. The number of aliphatic hydroxyl groups is 2. The lowest BCUT2D eigenvalue weighted by atomic mass is 10.1. The molecule has 1 aliphatic heterocycles. The summed E-state index contributed by atoms with van der Waals surface area (Å²) in [5.41, 5.74) is 1.76. The summed E-state index contributed by atoms with van der Waals surface area (Å²) >= 11 is 9.39. The first-order valence-electron chi connectivity index (χ1n) is 8.76. The third kappa shape index (κ3) is 4.99. The Hall–Kier alpha value is -1.11. The zero-order valence-corrected chi connectivity index (χ0v) is 16.8. The molecule has 0 aliphatic carbocycles. The van der Waals surface area contributed by atoms with Crippen molar-refractivity contribution in [3.05, 3.63) is 63.1 Å². The number of nitrogens with zero attached hydrogens (tertiary/aromatic N) is 1. The molecule has 6 heteroatoms. The molecule has 2 atom stereocenters. The van der Waals surface area contributed by atoms with Gasteiger partial charge in [-0.15, -0.1) is 0 Å². The van der Waals surface area contributed by atoms with Crippen molar-refractivity contribution in [2.75, 3.05) is 19.7 Å². The van der Waals surface area contributed by atoms with Gasteiger partial charge >= 0.3 is 0 Å². The number of aliphatic hydroxyl groups excluding tert-OH is 2. The number of β-amino-alcohol motifs (C(OH)–C–C–N with tert-alkyl or cyclic N) is 1. The Kier molecular flexibility index (Phi) is 6.95. The van der Waals surface area contributed by atoms with Crippen LogP contribution in [0.3, 0.4) is 0 Å². The van der Waals surface area contributed by atoms with Gasteiger partial charge in [-0.2, -0.15) is 0 Å². The van der Waals surface area contributed by atoms with Gasteiger partial charge in [0, 0.05) is 27.6 Å². The molecule has 0 aromatic heterocycles. The van der Waals surface area contributed by atoms with Gasteiger partial charge in [0.1, 0.15) is 12.4 Å². The van der Waals surface area contributed by atoms with Crippen LogP contribution in [0, 0.1) is 0 Å². The fraction of sp³-hybridized carbons (Fsp3) is 0.400. The predicted molar refractivity (Wildman–Crippen MR) is 107 cm³/mol. The molecule has 140 valence electrons. The van der Waals surface area contributed by atoms with Crippen molar-refractivity contribution >= 4 is 27.5 Å². The molecule has 0 spiro atoms. The van der Waals surface area contributed by atoms with Crippen LogP contribution in [0.25, 0.3) is 0 Å². The van der Waals surface area contributed by atoms with E-state index in [1.54, 1.807) is 0 Å². The SMILES string of the molecule is OC[C@@H]1CCCN1CC(O)c1cc(Br)ccc1OCc1ccc(Cl)cc1. The van der Waals surface area contributed by atoms with Gasteiger partial charge in [0.15, 0.2) is 0 Å². The van der Waals surface area contributed by atoms with Crippen LogP contribution in [-0.4, -0.2) is 40.9 Å². The monoisotopic (exact) mass is 439 g/mol. The van der Waals surface area contributed by atoms with E-state index in [0.29, 0.717) is 23.9 Å². The Balaban J connectivity index is 1.71. The van der Waals surface area contributed by atoms with Crippen molar-refractivity contribution in [1.29, 1.82) is 0 Å². The van der Waals surface area contributed by atoms with Crippen molar-refractivity contribution < 1.29 is 14.9 Å². The maximum atomic E-state index is 10.8. The van der Waals surface area contributed by atoms with Gasteiger partial charge < -0.3 is 14.9 Å². The molecular weight excluding hydrogens is 418 g/mol. The van der Waals surface area contributed by atoms with Crippen LogP contribution in [0.5, 0.6) is 5.75 Å². The third-order valence-electron chi connectivity index (χ3n) is 4.76. The number of ether oxygens (including phenoxy) is 1. The minimum absolute atomic E-state index is 0.130. The van der Waals surface area contributed by atoms with Gasteiger partial charge in [0.05, 0.1) is 12.7 Å². The van der Waals surface area contributed by atoms with Gasteiger partial charge in [-0.25, -0.2) is 0 Å². The van der Waals surface area contributed by atoms with E-state index in [0.717, 1.165) is 35.0 Å². The van der Waals surface area contributed by atoms with Crippen LogP contribution in [0.4, 0.5) is 0 Å². The fourth-order valence-electron chi connectivity index (χ4n) is 3.32. The zero-order valence-electron chi connectivity index (χ0n) is 14.4. The normalized spacial score (nSPS) is 18.8. The van der Waals surface area contributed by atoms with E-state index in [9.17, 15) is 10.2 Å². The standard InChI is InChI=1S/C20H23BrClNO3/c21-15-5-8-20(26-13-14-3-6-16(22)7-4-14)18(10-15)19(25)11-23-9-1-2-17(23)12-24/h3-8,10,17,19,24-25H,1-2,9,11-13H2/t17-,19?/m0/s1. The summed E-state index contributed by atoms with van der Waals surface area (Å²) in [4.78, 5) is 2.15. The third-order valence-corrected chi connectivity index (χ3v) is 5.50. The molecule has 1 unspecified atom stereocenters. The van der Waals surface area contributed by atoms with Crippen LogP contribution < -0.4 is 4.74 Å². The van der Waals surface area contributed by atoms with Gasteiger partial charge in [0.2, 0.25) is 0 Å². The molecule has 4 nitrogen and oxygen atoms in total. The van der Waals surface area contributed by atoms with E-state index in [-0.39, 0.29) is 12.6 Å². The molecule has 26 heavy (non-hydrogen) atoms. The lowest BCUT2D eigenvalue weighted by Crippen LogP contribution is -2.35. The van der Waals surface area contributed by atoms with Crippen LogP contribution in [-0.2, 0) is 6.61 Å². The molecule has 1 aliphatic rings. The van der Waals surface area contributed by atoms with Crippen molar-refractivity contribution in [2.24, 2.45) is 0 Å². The Morgan fingerprint density at radius 3 is 2.73 bits per heavy atom. The molecule has 1 saturated heterocycles. The van der Waals surface area contributed by atoms with Crippen LogP contribution in [0.15, 0.2) is 46.9 Å². The van der Waals surface area contributed by atoms with E-state index in [1.807, 2.05) is 42.5 Å². The molecule has 1 fully saturated rings. The average molecular weight is 441 g/mol. The number of hydrogen-bond acceptors (Lipinski definition) is 4. The summed E-state index contributed by atoms with van der Waals surface area (Å²) in [6, 6.07) is 13.3. The Morgan fingerprint density at radius 2 is 2.00 bits per heavy atom. The van der Waals surface area contributed by atoms with E-state index in [4.69, 9.17) is 16.3 Å². The highest BCUT2D eigenvalue weighted by atomic mass is 79.9.